The minimum atomic E-state index is -0.0252. The van der Waals surface area contributed by atoms with Gasteiger partial charge in [0, 0.05) is 27.5 Å². The number of carbonyl (C=O) groups is 2. The highest BCUT2D eigenvalue weighted by atomic mass is 16.1. The van der Waals surface area contributed by atoms with Crippen LogP contribution in [0.3, 0.4) is 0 Å². The van der Waals surface area contributed by atoms with Crippen LogP contribution in [-0.2, 0) is 9.59 Å². The van der Waals surface area contributed by atoms with Crippen molar-refractivity contribution < 1.29 is 11.0 Å². The van der Waals surface area contributed by atoms with Gasteiger partial charge in [0.05, 0.1) is 0 Å². The first kappa shape index (κ1) is 12.9. The van der Waals surface area contributed by atoms with Crippen molar-refractivity contribution in [1.82, 2.24) is 10.2 Å². The monoisotopic (exact) mass is 202 g/mol. The van der Waals surface area contributed by atoms with E-state index >= 15 is 0 Å². The molecule has 0 radical (unpaired) electrons. The lowest BCUT2D eigenvalue weighted by atomic mass is 10.3. The van der Waals surface area contributed by atoms with Crippen LogP contribution in [0.5, 0.6) is 0 Å². The average Bonchev–Trinajstić information content (AvgIpc) is 2.52. The molecular weight excluding hydrogens is 180 g/mol. The van der Waals surface area contributed by atoms with Gasteiger partial charge in [-0.15, -0.1) is 0 Å². The molecule has 0 aromatic rings. The molecule has 1 aliphatic heterocycles. The van der Waals surface area contributed by atoms with E-state index in [0.29, 0.717) is 6.54 Å². The lowest BCUT2D eigenvalue weighted by Crippen LogP contribution is -2.35. The summed E-state index contributed by atoms with van der Waals surface area (Å²) in [7, 11) is 0. The molecule has 4 nitrogen and oxygen atoms in total. The fourth-order valence-corrected chi connectivity index (χ4v) is 1.29. The van der Waals surface area contributed by atoms with E-state index in [1.54, 1.807) is 4.90 Å². The van der Waals surface area contributed by atoms with E-state index in [9.17, 15) is 9.59 Å². The van der Waals surface area contributed by atoms with Crippen LogP contribution >= 0.6 is 0 Å². The Labute approximate surface area is 87.1 Å². The average molecular weight is 202 g/mol. The van der Waals surface area contributed by atoms with Crippen LogP contribution in [0.1, 0.15) is 35.0 Å². The molecular formula is C10H22N2O2. The third kappa shape index (κ3) is 5.56. The van der Waals surface area contributed by atoms with E-state index in [4.69, 9.17) is 0 Å². The van der Waals surface area contributed by atoms with Crippen LogP contribution in [0, 0.1) is 0 Å². The maximum Gasteiger partial charge on any atom is 0.217 e. The number of hydrogen-bond acceptors (Lipinski definition) is 2. The quantitative estimate of drug-likeness (QED) is 0.679. The summed E-state index contributed by atoms with van der Waals surface area (Å²) in [5, 5.41) is 2.77. The summed E-state index contributed by atoms with van der Waals surface area (Å²) in [6, 6.07) is 0.165. The normalized spacial score (nSPS) is 19.6. The van der Waals surface area contributed by atoms with Gasteiger partial charge in [0.1, 0.15) is 0 Å². The van der Waals surface area contributed by atoms with E-state index < -0.39 is 0 Å². The highest BCUT2D eigenvalue weighted by molar-refractivity contribution is 5.73. The number of nitrogens with zero attached hydrogens (tertiary/aromatic N) is 1. The summed E-state index contributed by atoms with van der Waals surface area (Å²) in [6.07, 6.45) is 2.94. The van der Waals surface area contributed by atoms with E-state index in [1.807, 2.05) is 0 Å². The SMILES string of the molecule is CC(=O)NC1CCN(C=O)C1.CCC.[HH]. The van der Waals surface area contributed by atoms with Crippen molar-refractivity contribution in [2.45, 2.75) is 39.7 Å². The second kappa shape index (κ2) is 7.35. The molecule has 1 N–H and O–H groups in total. The van der Waals surface area contributed by atoms with Crippen molar-refractivity contribution >= 4 is 12.3 Å². The van der Waals surface area contributed by atoms with Gasteiger partial charge in [-0.25, -0.2) is 0 Å². The van der Waals surface area contributed by atoms with Gasteiger partial charge in [-0.05, 0) is 6.42 Å². The van der Waals surface area contributed by atoms with E-state index in [0.717, 1.165) is 19.4 Å². The molecule has 1 aliphatic rings. The summed E-state index contributed by atoms with van der Waals surface area (Å²) >= 11 is 0. The number of nitrogens with one attached hydrogen (secondary N) is 1. The van der Waals surface area contributed by atoms with Crippen LogP contribution in [0.25, 0.3) is 0 Å². The molecule has 1 fully saturated rings. The Hall–Kier alpha value is -1.06. The number of hydrogen-bond donors (Lipinski definition) is 1. The molecule has 0 spiro atoms. The van der Waals surface area contributed by atoms with E-state index in [1.165, 1.54) is 13.3 Å². The number of rotatable bonds is 2. The minimum absolute atomic E-state index is 0. The van der Waals surface area contributed by atoms with Crippen molar-refractivity contribution in [3.63, 3.8) is 0 Å². The smallest absolute Gasteiger partial charge is 0.217 e. The Morgan fingerprint density at radius 2 is 2.21 bits per heavy atom. The lowest BCUT2D eigenvalue weighted by molar-refractivity contribution is -0.120. The fraction of sp³-hybridized carbons (Fsp3) is 0.800. The van der Waals surface area contributed by atoms with Crippen molar-refractivity contribution in [1.29, 1.82) is 0 Å². The van der Waals surface area contributed by atoms with Crippen molar-refractivity contribution in [3.8, 4) is 0 Å². The molecule has 1 unspecified atom stereocenters. The predicted molar refractivity (Wildman–Crippen MR) is 57.9 cm³/mol. The standard InChI is InChI=1S/C7H12N2O2.C3H8.H2/c1-6(11)8-7-2-3-9(4-7)5-10;1-3-2;/h5,7H,2-4H2,1H3,(H,8,11);3H2,1-2H3;1H. The van der Waals surface area contributed by atoms with Gasteiger partial charge in [0.2, 0.25) is 12.3 Å². The molecule has 14 heavy (non-hydrogen) atoms. The third-order valence-corrected chi connectivity index (χ3v) is 1.78. The summed E-state index contributed by atoms with van der Waals surface area (Å²) in [6.45, 7) is 7.15. The van der Waals surface area contributed by atoms with Gasteiger partial charge >= 0.3 is 0 Å². The summed E-state index contributed by atoms with van der Waals surface area (Å²) < 4.78 is 0. The second-order valence-corrected chi connectivity index (χ2v) is 3.49. The first-order chi connectivity index (χ1) is 6.63. The zero-order chi connectivity index (χ0) is 11.0. The van der Waals surface area contributed by atoms with Crippen LogP contribution in [0.2, 0.25) is 0 Å². The van der Waals surface area contributed by atoms with Crippen LogP contribution in [0.4, 0.5) is 0 Å². The molecule has 0 aliphatic carbocycles. The lowest BCUT2D eigenvalue weighted by Gasteiger charge is -2.10. The molecule has 1 atom stereocenters. The van der Waals surface area contributed by atoms with Gasteiger partial charge in [-0.2, -0.15) is 0 Å². The maximum absolute atomic E-state index is 10.6. The maximum atomic E-state index is 10.6. The van der Waals surface area contributed by atoms with Crippen molar-refractivity contribution in [2.24, 2.45) is 0 Å². The zero-order valence-electron chi connectivity index (χ0n) is 9.25. The number of amides is 2. The van der Waals surface area contributed by atoms with E-state index in [2.05, 4.69) is 19.2 Å². The zero-order valence-corrected chi connectivity index (χ0v) is 9.25. The Morgan fingerprint density at radius 3 is 2.57 bits per heavy atom. The van der Waals surface area contributed by atoms with Gasteiger partial charge in [-0.1, -0.05) is 20.3 Å². The van der Waals surface area contributed by atoms with E-state index in [-0.39, 0.29) is 13.4 Å². The Bertz CT molecular complexity index is 188. The number of likely N-dealkylation sites (tertiary alicyclic amines) is 1. The van der Waals surface area contributed by atoms with Crippen LogP contribution in [-0.4, -0.2) is 36.3 Å². The second-order valence-electron chi connectivity index (χ2n) is 3.49. The van der Waals surface area contributed by atoms with Crippen molar-refractivity contribution in [3.05, 3.63) is 0 Å². The first-order valence-electron chi connectivity index (χ1n) is 5.10. The van der Waals surface area contributed by atoms with Gasteiger partial charge in [-0.3, -0.25) is 9.59 Å². The third-order valence-electron chi connectivity index (χ3n) is 1.78. The number of carbonyl (C=O) groups excluding carboxylic acids is 2. The molecule has 4 heteroatoms. The van der Waals surface area contributed by atoms with Crippen LogP contribution in [0.15, 0.2) is 0 Å². The van der Waals surface area contributed by atoms with Crippen molar-refractivity contribution in [2.75, 3.05) is 13.1 Å². The van der Waals surface area contributed by atoms with Gasteiger partial charge in [0.15, 0.2) is 0 Å². The molecule has 0 bridgehead atoms. The fourth-order valence-electron chi connectivity index (χ4n) is 1.29. The van der Waals surface area contributed by atoms with Crippen LogP contribution < -0.4 is 5.32 Å². The molecule has 2 amide bonds. The summed E-state index contributed by atoms with van der Waals surface area (Å²) in [4.78, 5) is 22.5. The summed E-state index contributed by atoms with van der Waals surface area (Å²) in [5.74, 6) is -0.0252. The Kier molecular flexibility index (Phi) is 6.80. The summed E-state index contributed by atoms with van der Waals surface area (Å²) in [5.41, 5.74) is 0. The molecule has 0 saturated carbocycles. The largest absolute Gasteiger partial charge is 0.352 e. The molecule has 84 valence electrons. The molecule has 0 aromatic carbocycles. The molecule has 1 rings (SSSR count). The highest BCUT2D eigenvalue weighted by Crippen LogP contribution is 2.05. The van der Waals surface area contributed by atoms with Gasteiger partial charge < -0.3 is 10.2 Å². The molecule has 1 saturated heterocycles. The van der Waals surface area contributed by atoms with Gasteiger partial charge in [0.25, 0.3) is 0 Å². The topological polar surface area (TPSA) is 49.4 Å². The predicted octanol–water partition coefficient (Wildman–Crippen LogP) is 1.02. The molecule has 1 heterocycles. The Morgan fingerprint density at radius 1 is 1.64 bits per heavy atom. The minimum Gasteiger partial charge on any atom is -0.352 e. The molecule has 0 aromatic heterocycles. The Balaban J connectivity index is 0. The first-order valence-corrected chi connectivity index (χ1v) is 5.10. The highest BCUT2D eigenvalue weighted by Gasteiger charge is 2.20.